The fourth-order valence-corrected chi connectivity index (χ4v) is 0.823. The molecule has 0 spiro atoms. The molecule has 0 radical (unpaired) electrons. The van der Waals surface area contributed by atoms with Gasteiger partial charge in [0.2, 0.25) is 0 Å². The summed E-state index contributed by atoms with van der Waals surface area (Å²) in [4.78, 5) is 10.9. The Bertz CT molecular complexity index is 336. The first kappa shape index (κ1) is 9.31. The number of aromatic nitrogens is 2. The molecule has 1 heterocycles. The van der Waals surface area contributed by atoms with Crippen LogP contribution in [0.4, 0.5) is 5.82 Å². The molecule has 1 rings (SSSR count). The van der Waals surface area contributed by atoms with E-state index < -0.39 is 0 Å². The van der Waals surface area contributed by atoms with Crippen molar-refractivity contribution in [3.8, 4) is 0 Å². The Balaban J connectivity index is 3.01. The molecule has 0 saturated heterocycles. The summed E-state index contributed by atoms with van der Waals surface area (Å²) in [5.41, 5.74) is 12.1. The van der Waals surface area contributed by atoms with Gasteiger partial charge in [0.05, 0.1) is 12.0 Å². The molecule has 5 nitrogen and oxygen atoms in total. The van der Waals surface area contributed by atoms with Gasteiger partial charge < -0.3 is 16.5 Å². The van der Waals surface area contributed by atoms with Crippen LogP contribution in [0, 0.1) is 0 Å². The molecule has 0 aromatic carbocycles. The monoisotopic (exact) mass is 179 g/mol. The maximum absolute atomic E-state index is 5.56. The standard InChI is InChI=1S/C8H13N5/c1-3-6(10)13-8-7(5(2)9)11-4-12-8/h4H,2-3,9H2,1H3,(H2,10,13)(H,11,12). The van der Waals surface area contributed by atoms with E-state index in [2.05, 4.69) is 21.5 Å². The average molecular weight is 179 g/mol. The highest BCUT2D eigenvalue weighted by atomic mass is 15.0. The van der Waals surface area contributed by atoms with Gasteiger partial charge in [0, 0.05) is 6.42 Å². The van der Waals surface area contributed by atoms with E-state index in [1.54, 1.807) is 0 Å². The van der Waals surface area contributed by atoms with Crippen LogP contribution in [-0.2, 0) is 0 Å². The molecule has 0 aliphatic rings. The predicted octanol–water partition coefficient (Wildman–Crippen LogP) is 0.738. The minimum absolute atomic E-state index is 0.403. The third-order valence-electron chi connectivity index (χ3n) is 1.55. The second-order valence-corrected chi connectivity index (χ2v) is 2.58. The summed E-state index contributed by atoms with van der Waals surface area (Å²) >= 11 is 0. The van der Waals surface area contributed by atoms with Gasteiger partial charge in [-0.3, -0.25) is 0 Å². The van der Waals surface area contributed by atoms with Crippen LogP contribution in [0.25, 0.3) is 5.70 Å². The van der Waals surface area contributed by atoms with E-state index in [0.717, 1.165) is 0 Å². The Hall–Kier alpha value is -1.78. The second kappa shape index (κ2) is 3.75. The highest BCUT2D eigenvalue weighted by molar-refractivity contribution is 5.83. The number of amidine groups is 1. The molecule has 0 fully saturated rings. The third-order valence-corrected chi connectivity index (χ3v) is 1.55. The van der Waals surface area contributed by atoms with Crippen molar-refractivity contribution in [3.63, 3.8) is 0 Å². The summed E-state index contributed by atoms with van der Waals surface area (Å²) in [6, 6.07) is 0. The summed E-state index contributed by atoms with van der Waals surface area (Å²) in [7, 11) is 0. The number of nitrogens with two attached hydrogens (primary N) is 2. The van der Waals surface area contributed by atoms with Crippen molar-refractivity contribution in [3.05, 3.63) is 18.6 Å². The van der Waals surface area contributed by atoms with Crippen LogP contribution >= 0.6 is 0 Å². The largest absolute Gasteiger partial charge is 0.397 e. The maximum atomic E-state index is 5.56. The van der Waals surface area contributed by atoms with Gasteiger partial charge in [0.15, 0.2) is 5.82 Å². The van der Waals surface area contributed by atoms with Crippen LogP contribution in [0.15, 0.2) is 17.9 Å². The molecule has 0 aliphatic carbocycles. The molecule has 1 aromatic heterocycles. The Morgan fingerprint density at radius 1 is 1.69 bits per heavy atom. The van der Waals surface area contributed by atoms with Crippen LogP contribution in [-0.4, -0.2) is 15.8 Å². The molecule has 70 valence electrons. The van der Waals surface area contributed by atoms with Crippen LogP contribution in [0.3, 0.4) is 0 Å². The normalized spacial score (nSPS) is 11.6. The van der Waals surface area contributed by atoms with Gasteiger partial charge in [-0.05, 0) is 0 Å². The summed E-state index contributed by atoms with van der Waals surface area (Å²) in [6.07, 6.45) is 2.19. The summed E-state index contributed by atoms with van der Waals surface area (Å²) in [5, 5.41) is 0. The molecule has 0 aliphatic heterocycles. The second-order valence-electron chi connectivity index (χ2n) is 2.58. The number of imidazole rings is 1. The number of nitrogens with one attached hydrogen (secondary N) is 1. The number of aromatic amines is 1. The van der Waals surface area contributed by atoms with Crippen molar-refractivity contribution < 1.29 is 0 Å². The molecule has 0 amide bonds. The van der Waals surface area contributed by atoms with Crippen molar-refractivity contribution in [2.75, 3.05) is 0 Å². The Morgan fingerprint density at radius 3 is 2.92 bits per heavy atom. The molecule has 0 atom stereocenters. The van der Waals surface area contributed by atoms with Gasteiger partial charge in [-0.2, -0.15) is 0 Å². The lowest BCUT2D eigenvalue weighted by Crippen LogP contribution is -2.09. The van der Waals surface area contributed by atoms with Crippen LogP contribution in [0.2, 0.25) is 0 Å². The minimum Gasteiger partial charge on any atom is -0.397 e. The number of hydrogen-bond donors (Lipinski definition) is 3. The average Bonchev–Trinajstić information content (AvgIpc) is 2.52. The number of H-pyrrole nitrogens is 1. The Kier molecular flexibility index (Phi) is 2.69. The van der Waals surface area contributed by atoms with Crippen molar-refractivity contribution in [1.82, 2.24) is 9.97 Å². The van der Waals surface area contributed by atoms with E-state index in [0.29, 0.717) is 29.5 Å². The van der Waals surface area contributed by atoms with Gasteiger partial charge in [0.25, 0.3) is 0 Å². The minimum atomic E-state index is 0.403. The molecule has 0 bridgehead atoms. The summed E-state index contributed by atoms with van der Waals surface area (Å²) in [6.45, 7) is 5.51. The van der Waals surface area contributed by atoms with E-state index in [9.17, 15) is 0 Å². The summed E-state index contributed by atoms with van der Waals surface area (Å²) in [5.74, 6) is 1.02. The van der Waals surface area contributed by atoms with E-state index in [1.807, 2.05) is 6.92 Å². The zero-order valence-corrected chi connectivity index (χ0v) is 7.54. The lowest BCUT2D eigenvalue weighted by Gasteiger charge is -1.97. The molecule has 1 aromatic rings. The van der Waals surface area contributed by atoms with E-state index in [-0.39, 0.29) is 0 Å². The van der Waals surface area contributed by atoms with Crippen LogP contribution < -0.4 is 11.5 Å². The lowest BCUT2D eigenvalue weighted by molar-refractivity contribution is 1.21. The van der Waals surface area contributed by atoms with E-state index >= 15 is 0 Å². The van der Waals surface area contributed by atoms with Gasteiger partial charge in [-0.25, -0.2) is 9.98 Å². The van der Waals surface area contributed by atoms with Gasteiger partial charge in [0.1, 0.15) is 11.5 Å². The number of rotatable bonds is 3. The molecule has 0 unspecified atom stereocenters. The van der Waals surface area contributed by atoms with Gasteiger partial charge in [-0.1, -0.05) is 13.5 Å². The maximum Gasteiger partial charge on any atom is 0.181 e. The highest BCUT2D eigenvalue weighted by Crippen LogP contribution is 2.17. The smallest absolute Gasteiger partial charge is 0.181 e. The molecule has 13 heavy (non-hydrogen) atoms. The number of aliphatic imine (C=N–C) groups is 1. The zero-order valence-electron chi connectivity index (χ0n) is 7.54. The van der Waals surface area contributed by atoms with Crippen LogP contribution in [0.1, 0.15) is 19.0 Å². The fraction of sp³-hybridized carbons (Fsp3) is 0.250. The van der Waals surface area contributed by atoms with E-state index in [4.69, 9.17) is 11.5 Å². The first-order valence-electron chi connectivity index (χ1n) is 3.96. The van der Waals surface area contributed by atoms with Crippen LogP contribution in [0.5, 0.6) is 0 Å². The Labute approximate surface area is 76.6 Å². The Morgan fingerprint density at radius 2 is 2.38 bits per heavy atom. The topological polar surface area (TPSA) is 93.1 Å². The van der Waals surface area contributed by atoms with Gasteiger partial charge >= 0.3 is 0 Å². The van der Waals surface area contributed by atoms with E-state index in [1.165, 1.54) is 6.33 Å². The fourth-order valence-electron chi connectivity index (χ4n) is 0.823. The number of hydrogen-bond acceptors (Lipinski definition) is 3. The lowest BCUT2D eigenvalue weighted by atomic mass is 10.3. The highest BCUT2D eigenvalue weighted by Gasteiger charge is 2.05. The first-order chi connectivity index (χ1) is 6.15. The molecule has 5 N–H and O–H groups in total. The molecule has 5 heteroatoms. The predicted molar refractivity (Wildman–Crippen MR) is 53.4 cm³/mol. The van der Waals surface area contributed by atoms with Crippen molar-refractivity contribution in [2.45, 2.75) is 13.3 Å². The summed E-state index contributed by atoms with van der Waals surface area (Å²) < 4.78 is 0. The third kappa shape index (κ3) is 2.08. The first-order valence-corrected chi connectivity index (χ1v) is 3.96. The molecular formula is C8H13N5. The van der Waals surface area contributed by atoms with Gasteiger partial charge in [-0.15, -0.1) is 0 Å². The van der Waals surface area contributed by atoms with Crippen molar-refractivity contribution in [1.29, 1.82) is 0 Å². The quantitative estimate of drug-likeness (QED) is 0.472. The SMILES string of the molecule is C=C(N)c1[nH]cnc1N=C(N)CC. The number of nitrogens with zero attached hydrogens (tertiary/aromatic N) is 2. The molecule has 0 saturated carbocycles. The molecular weight excluding hydrogens is 166 g/mol. The van der Waals surface area contributed by atoms with Crippen molar-refractivity contribution >= 4 is 17.4 Å². The van der Waals surface area contributed by atoms with Crippen molar-refractivity contribution in [2.24, 2.45) is 16.5 Å². The zero-order chi connectivity index (χ0) is 9.84.